The SMILES string of the molecule is CCCCCCc1ccc(CSC(C)=O)cc1. The maximum Gasteiger partial charge on any atom is 0.186 e. The Hall–Kier alpha value is -0.760. The molecule has 0 spiro atoms. The fourth-order valence-corrected chi connectivity index (χ4v) is 2.31. The monoisotopic (exact) mass is 250 g/mol. The van der Waals surface area contributed by atoms with Gasteiger partial charge in [0.1, 0.15) is 0 Å². The summed E-state index contributed by atoms with van der Waals surface area (Å²) in [6.45, 7) is 3.86. The minimum absolute atomic E-state index is 0.189. The number of hydrogen-bond acceptors (Lipinski definition) is 2. The third kappa shape index (κ3) is 6.52. The molecule has 1 nitrogen and oxygen atoms in total. The van der Waals surface area contributed by atoms with Crippen LogP contribution < -0.4 is 0 Å². The topological polar surface area (TPSA) is 17.1 Å². The van der Waals surface area contributed by atoms with Gasteiger partial charge in [-0.15, -0.1) is 0 Å². The summed E-state index contributed by atoms with van der Waals surface area (Å²) in [6.07, 6.45) is 6.43. The zero-order valence-corrected chi connectivity index (χ0v) is 11.7. The summed E-state index contributed by atoms with van der Waals surface area (Å²) in [4.78, 5) is 10.8. The number of thioether (sulfide) groups is 1. The lowest BCUT2D eigenvalue weighted by atomic mass is 10.1. The van der Waals surface area contributed by atoms with Crippen LogP contribution in [-0.4, -0.2) is 5.12 Å². The third-order valence-corrected chi connectivity index (χ3v) is 3.67. The van der Waals surface area contributed by atoms with E-state index in [1.807, 2.05) is 0 Å². The average Bonchev–Trinajstić information content (AvgIpc) is 2.33. The van der Waals surface area contributed by atoms with Crippen LogP contribution in [0.1, 0.15) is 50.7 Å². The van der Waals surface area contributed by atoms with Gasteiger partial charge in [-0.3, -0.25) is 4.79 Å². The molecule has 0 amide bonds. The Balaban J connectivity index is 2.31. The van der Waals surface area contributed by atoms with Crippen molar-refractivity contribution in [3.63, 3.8) is 0 Å². The van der Waals surface area contributed by atoms with Gasteiger partial charge in [-0.05, 0) is 24.0 Å². The van der Waals surface area contributed by atoms with Crippen molar-refractivity contribution in [3.05, 3.63) is 35.4 Å². The Kier molecular flexibility index (Phi) is 7.02. The highest BCUT2D eigenvalue weighted by Crippen LogP contribution is 2.15. The molecule has 2 heteroatoms. The molecule has 17 heavy (non-hydrogen) atoms. The number of rotatable bonds is 7. The summed E-state index contributed by atoms with van der Waals surface area (Å²) in [5.41, 5.74) is 2.65. The maximum absolute atomic E-state index is 10.8. The van der Waals surface area contributed by atoms with Crippen molar-refractivity contribution in [1.29, 1.82) is 0 Å². The van der Waals surface area contributed by atoms with E-state index in [0.717, 1.165) is 5.75 Å². The molecule has 0 aliphatic rings. The Morgan fingerprint density at radius 2 is 1.71 bits per heavy atom. The Morgan fingerprint density at radius 3 is 2.29 bits per heavy atom. The van der Waals surface area contributed by atoms with Gasteiger partial charge in [-0.1, -0.05) is 62.2 Å². The molecule has 0 saturated carbocycles. The fraction of sp³-hybridized carbons (Fsp3) is 0.533. The molecule has 1 rings (SSSR count). The summed E-state index contributed by atoms with van der Waals surface area (Å²) in [5, 5.41) is 0.189. The molecular weight excluding hydrogens is 228 g/mol. The van der Waals surface area contributed by atoms with Crippen LogP contribution in [0.15, 0.2) is 24.3 Å². The quantitative estimate of drug-likeness (QED) is 0.658. The van der Waals surface area contributed by atoms with E-state index in [-0.39, 0.29) is 5.12 Å². The van der Waals surface area contributed by atoms with E-state index < -0.39 is 0 Å². The summed E-state index contributed by atoms with van der Waals surface area (Å²) >= 11 is 1.38. The zero-order valence-electron chi connectivity index (χ0n) is 10.9. The molecule has 0 aliphatic carbocycles. The summed E-state index contributed by atoms with van der Waals surface area (Å²) in [5.74, 6) is 0.797. The van der Waals surface area contributed by atoms with Crippen LogP contribution >= 0.6 is 11.8 Å². The van der Waals surface area contributed by atoms with Crippen LogP contribution in [0, 0.1) is 0 Å². The molecule has 1 aromatic rings. The van der Waals surface area contributed by atoms with Crippen LogP contribution in [0.2, 0.25) is 0 Å². The number of hydrogen-bond donors (Lipinski definition) is 0. The van der Waals surface area contributed by atoms with E-state index in [2.05, 4.69) is 31.2 Å². The number of aryl methyl sites for hydroxylation is 1. The van der Waals surface area contributed by atoms with Gasteiger partial charge in [0.15, 0.2) is 5.12 Å². The lowest BCUT2D eigenvalue weighted by Gasteiger charge is -2.03. The first-order valence-corrected chi connectivity index (χ1v) is 7.42. The van der Waals surface area contributed by atoms with E-state index in [9.17, 15) is 4.79 Å². The molecule has 0 N–H and O–H groups in total. The van der Waals surface area contributed by atoms with Gasteiger partial charge in [0.2, 0.25) is 0 Å². The summed E-state index contributed by atoms with van der Waals surface area (Å²) in [7, 11) is 0. The second-order valence-electron chi connectivity index (χ2n) is 4.41. The minimum Gasteiger partial charge on any atom is -0.288 e. The van der Waals surface area contributed by atoms with Crippen molar-refractivity contribution in [3.8, 4) is 0 Å². The minimum atomic E-state index is 0.189. The van der Waals surface area contributed by atoms with Gasteiger partial charge >= 0.3 is 0 Å². The first-order valence-electron chi connectivity index (χ1n) is 6.43. The van der Waals surface area contributed by atoms with Crippen molar-refractivity contribution in [2.75, 3.05) is 0 Å². The van der Waals surface area contributed by atoms with Gasteiger partial charge < -0.3 is 0 Å². The molecular formula is C15H22OS. The smallest absolute Gasteiger partial charge is 0.186 e. The molecule has 0 aliphatic heterocycles. The lowest BCUT2D eigenvalue weighted by Crippen LogP contribution is -1.89. The largest absolute Gasteiger partial charge is 0.288 e. The maximum atomic E-state index is 10.8. The molecule has 0 unspecified atom stereocenters. The molecule has 0 fully saturated rings. The van der Waals surface area contributed by atoms with Crippen molar-refractivity contribution in [1.82, 2.24) is 0 Å². The molecule has 0 saturated heterocycles. The van der Waals surface area contributed by atoms with E-state index in [0.29, 0.717) is 0 Å². The Morgan fingerprint density at radius 1 is 1.06 bits per heavy atom. The van der Waals surface area contributed by atoms with Gasteiger partial charge in [-0.25, -0.2) is 0 Å². The van der Waals surface area contributed by atoms with E-state index in [4.69, 9.17) is 0 Å². The third-order valence-electron chi connectivity index (χ3n) is 2.78. The van der Waals surface area contributed by atoms with Crippen LogP contribution in [0.3, 0.4) is 0 Å². The van der Waals surface area contributed by atoms with Crippen molar-refractivity contribution in [2.24, 2.45) is 0 Å². The second-order valence-corrected chi connectivity index (χ2v) is 5.56. The molecule has 0 heterocycles. The average molecular weight is 250 g/mol. The lowest BCUT2D eigenvalue weighted by molar-refractivity contribution is -0.109. The number of benzene rings is 1. The highest BCUT2D eigenvalue weighted by molar-refractivity contribution is 8.12. The number of unbranched alkanes of at least 4 members (excludes halogenated alkanes) is 3. The highest BCUT2D eigenvalue weighted by Gasteiger charge is 1.98. The van der Waals surface area contributed by atoms with Gasteiger partial charge in [0, 0.05) is 12.7 Å². The van der Waals surface area contributed by atoms with Crippen molar-refractivity contribution in [2.45, 2.75) is 51.7 Å². The first-order chi connectivity index (χ1) is 8.22. The van der Waals surface area contributed by atoms with Crippen LogP contribution in [-0.2, 0) is 17.0 Å². The molecule has 0 radical (unpaired) electrons. The first kappa shape index (κ1) is 14.3. The molecule has 0 aromatic heterocycles. The standard InChI is InChI=1S/C15H22OS/c1-3-4-5-6-7-14-8-10-15(11-9-14)12-17-13(2)16/h8-11H,3-7,12H2,1-2H3. The predicted molar refractivity (Wildman–Crippen MR) is 76.3 cm³/mol. The zero-order chi connectivity index (χ0) is 12.5. The fourth-order valence-electron chi connectivity index (χ4n) is 1.74. The summed E-state index contributed by atoms with van der Waals surface area (Å²) in [6, 6.07) is 8.68. The predicted octanol–water partition coefficient (Wildman–Crippen LogP) is 4.59. The van der Waals surface area contributed by atoms with Gasteiger partial charge in [0.25, 0.3) is 0 Å². The highest BCUT2D eigenvalue weighted by atomic mass is 32.2. The van der Waals surface area contributed by atoms with E-state index in [1.54, 1.807) is 6.92 Å². The van der Waals surface area contributed by atoms with Crippen LogP contribution in [0.4, 0.5) is 0 Å². The van der Waals surface area contributed by atoms with Gasteiger partial charge in [-0.2, -0.15) is 0 Å². The van der Waals surface area contributed by atoms with Crippen LogP contribution in [0.25, 0.3) is 0 Å². The molecule has 0 bridgehead atoms. The van der Waals surface area contributed by atoms with E-state index in [1.165, 1.54) is 55.0 Å². The second kappa shape index (κ2) is 8.35. The van der Waals surface area contributed by atoms with Crippen molar-refractivity contribution >= 4 is 16.9 Å². The number of carbonyl (C=O) groups is 1. The Bertz CT molecular complexity index is 329. The van der Waals surface area contributed by atoms with Crippen LogP contribution in [0.5, 0.6) is 0 Å². The normalized spacial score (nSPS) is 10.5. The molecule has 94 valence electrons. The Labute approximate surface area is 109 Å². The van der Waals surface area contributed by atoms with Crippen molar-refractivity contribution < 1.29 is 4.79 Å². The number of carbonyl (C=O) groups excluding carboxylic acids is 1. The molecule has 0 atom stereocenters. The molecule has 1 aromatic carbocycles. The summed E-state index contributed by atoms with van der Waals surface area (Å²) < 4.78 is 0. The van der Waals surface area contributed by atoms with E-state index >= 15 is 0 Å². The van der Waals surface area contributed by atoms with Gasteiger partial charge in [0.05, 0.1) is 0 Å².